The summed E-state index contributed by atoms with van der Waals surface area (Å²) in [6.45, 7) is 4.80. The van der Waals surface area contributed by atoms with E-state index in [0.29, 0.717) is 39.6 Å². The second-order valence-electron chi connectivity index (χ2n) is 5.52. The van der Waals surface area contributed by atoms with E-state index in [1.165, 1.54) is 4.88 Å². The van der Waals surface area contributed by atoms with E-state index in [1.54, 1.807) is 11.3 Å². The quantitative estimate of drug-likeness (QED) is 0.560. The third kappa shape index (κ3) is 6.81. The number of hydrogen-bond acceptors (Lipinski definition) is 7. The van der Waals surface area contributed by atoms with Gasteiger partial charge in [-0.15, -0.1) is 11.3 Å². The SMILES string of the molecule is Cc1ncsc1-c1ccc(C(N)COCCOCCOCCO)cc1. The van der Waals surface area contributed by atoms with Gasteiger partial charge in [0.1, 0.15) is 0 Å². The normalized spacial score (nSPS) is 12.4. The van der Waals surface area contributed by atoms with Gasteiger partial charge in [0.2, 0.25) is 0 Å². The molecule has 2 rings (SSSR count). The van der Waals surface area contributed by atoms with Gasteiger partial charge in [-0.2, -0.15) is 0 Å². The van der Waals surface area contributed by atoms with E-state index >= 15 is 0 Å². The van der Waals surface area contributed by atoms with E-state index < -0.39 is 0 Å². The fraction of sp³-hybridized carbons (Fsp3) is 0.500. The third-order valence-electron chi connectivity index (χ3n) is 3.62. The lowest BCUT2D eigenvalue weighted by Gasteiger charge is -2.13. The van der Waals surface area contributed by atoms with Gasteiger partial charge < -0.3 is 25.1 Å². The number of ether oxygens (including phenoxy) is 3. The molecule has 25 heavy (non-hydrogen) atoms. The van der Waals surface area contributed by atoms with Gasteiger partial charge in [-0.1, -0.05) is 24.3 Å². The Morgan fingerprint density at radius 3 is 2.28 bits per heavy atom. The Balaban J connectivity index is 1.64. The smallest absolute Gasteiger partial charge is 0.0801 e. The van der Waals surface area contributed by atoms with Crippen molar-refractivity contribution < 1.29 is 19.3 Å². The minimum Gasteiger partial charge on any atom is -0.394 e. The summed E-state index contributed by atoms with van der Waals surface area (Å²) in [6.07, 6.45) is 0. The zero-order valence-electron chi connectivity index (χ0n) is 14.5. The number of aliphatic hydroxyl groups is 1. The highest BCUT2D eigenvalue weighted by Crippen LogP contribution is 2.27. The van der Waals surface area contributed by atoms with Crippen LogP contribution in [0.1, 0.15) is 17.3 Å². The summed E-state index contributed by atoms with van der Waals surface area (Å²) in [5, 5.41) is 8.56. The van der Waals surface area contributed by atoms with E-state index in [1.807, 2.05) is 24.6 Å². The monoisotopic (exact) mass is 366 g/mol. The molecule has 6 nitrogen and oxygen atoms in total. The Kier molecular flexibility index (Phi) is 9.03. The van der Waals surface area contributed by atoms with Gasteiger partial charge in [-0.25, -0.2) is 4.98 Å². The molecule has 1 heterocycles. The van der Waals surface area contributed by atoms with Crippen LogP contribution >= 0.6 is 11.3 Å². The fourth-order valence-corrected chi connectivity index (χ4v) is 3.08. The Morgan fingerprint density at radius 2 is 1.68 bits per heavy atom. The number of aromatic nitrogens is 1. The van der Waals surface area contributed by atoms with Crippen LogP contribution in [0.4, 0.5) is 0 Å². The maximum atomic E-state index is 8.56. The summed E-state index contributed by atoms with van der Waals surface area (Å²) in [7, 11) is 0. The van der Waals surface area contributed by atoms with Crippen LogP contribution in [0, 0.1) is 6.92 Å². The molecule has 1 unspecified atom stereocenters. The van der Waals surface area contributed by atoms with Crippen molar-refractivity contribution in [3.63, 3.8) is 0 Å². The summed E-state index contributed by atoms with van der Waals surface area (Å²) in [5.74, 6) is 0. The number of aryl methyl sites for hydroxylation is 1. The number of benzene rings is 1. The molecule has 0 spiro atoms. The summed E-state index contributed by atoms with van der Waals surface area (Å²) in [5.41, 5.74) is 11.3. The minimum atomic E-state index is -0.163. The average molecular weight is 366 g/mol. The maximum absolute atomic E-state index is 8.56. The number of nitrogens with two attached hydrogens (primary N) is 1. The fourth-order valence-electron chi connectivity index (χ4n) is 2.27. The summed E-state index contributed by atoms with van der Waals surface area (Å²) < 4.78 is 16.0. The highest BCUT2D eigenvalue weighted by molar-refractivity contribution is 7.13. The van der Waals surface area contributed by atoms with Gasteiger partial charge in [0, 0.05) is 0 Å². The number of hydrogen-bond donors (Lipinski definition) is 2. The van der Waals surface area contributed by atoms with Gasteiger partial charge in [0.05, 0.1) is 68.4 Å². The maximum Gasteiger partial charge on any atom is 0.0801 e. The second-order valence-corrected chi connectivity index (χ2v) is 6.37. The Hall–Kier alpha value is -1.35. The van der Waals surface area contributed by atoms with Crippen molar-refractivity contribution in [1.82, 2.24) is 4.98 Å². The van der Waals surface area contributed by atoms with E-state index in [4.69, 9.17) is 25.1 Å². The van der Waals surface area contributed by atoms with E-state index in [0.717, 1.165) is 16.8 Å². The van der Waals surface area contributed by atoms with Crippen LogP contribution < -0.4 is 5.73 Å². The van der Waals surface area contributed by atoms with Crippen LogP contribution in [0.25, 0.3) is 10.4 Å². The Bertz CT molecular complexity index is 603. The highest BCUT2D eigenvalue weighted by atomic mass is 32.1. The predicted molar refractivity (Wildman–Crippen MR) is 98.8 cm³/mol. The van der Waals surface area contributed by atoms with E-state index in [2.05, 4.69) is 17.1 Å². The first kappa shape index (κ1) is 20.0. The average Bonchev–Trinajstić information content (AvgIpc) is 3.06. The number of aliphatic hydroxyl groups excluding tert-OH is 1. The summed E-state index contributed by atoms with van der Waals surface area (Å²) in [4.78, 5) is 5.47. The van der Waals surface area contributed by atoms with Gasteiger partial charge in [-0.05, 0) is 18.1 Å². The molecule has 0 aliphatic rings. The molecule has 0 radical (unpaired) electrons. The molecule has 0 saturated carbocycles. The lowest BCUT2D eigenvalue weighted by molar-refractivity contribution is 0.00570. The largest absolute Gasteiger partial charge is 0.394 e. The van der Waals surface area contributed by atoms with Gasteiger partial charge in [0.25, 0.3) is 0 Å². The first-order valence-electron chi connectivity index (χ1n) is 8.32. The molecule has 7 heteroatoms. The minimum absolute atomic E-state index is 0.0335. The lowest BCUT2D eigenvalue weighted by Crippen LogP contribution is -2.19. The Morgan fingerprint density at radius 1 is 1.04 bits per heavy atom. The molecule has 2 aromatic rings. The van der Waals surface area contributed by atoms with Gasteiger partial charge >= 0.3 is 0 Å². The molecular formula is C18H26N2O4S. The van der Waals surface area contributed by atoms with Gasteiger partial charge in [-0.3, -0.25) is 0 Å². The summed E-state index contributed by atoms with van der Waals surface area (Å²) >= 11 is 1.64. The zero-order chi connectivity index (χ0) is 17.9. The van der Waals surface area contributed by atoms with E-state index in [-0.39, 0.29) is 12.6 Å². The highest BCUT2D eigenvalue weighted by Gasteiger charge is 2.08. The van der Waals surface area contributed by atoms with Crippen LogP contribution in [-0.2, 0) is 14.2 Å². The molecule has 1 atom stereocenters. The first-order valence-corrected chi connectivity index (χ1v) is 9.20. The lowest BCUT2D eigenvalue weighted by atomic mass is 10.0. The molecule has 0 saturated heterocycles. The van der Waals surface area contributed by atoms with Crippen molar-refractivity contribution in [2.24, 2.45) is 5.73 Å². The van der Waals surface area contributed by atoms with Crippen LogP contribution in [0.2, 0.25) is 0 Å². The predicted octanol–water partition coefficient (Wildman–Crippen LogP) is 2.16. The van der Waals surface area contributed by atoms with Crippen molar-refractivity contribution >= 4 is 11.3 Å². The standard InChI is InChI=1S/C18H26N2O4S/c1-14-18(25-13-20-14)16-4-2-15(3-5-16)17(19)12-24-11-10-23-9-8-22-7-6-21/h2-5,13,17,21H,6-12,19H2,1H3. The molecule has 1 aromatic carbocycles. The van der Waals surface area contributed by atoms with Crippen LogP contribution in [-0.4, -0.2) is 56.3 Å². The molecular weight excluding hydrogens is 340 g/mol. The molecule has 0 aliphatic heterocycles. The molecule has 1 aromatic heterocycles. The first-order chi connectivity index (χ1) is 12.2. The molecule has 138 valence electrons. The van der Waals surface area contributed by atoms with Crippen LogP contribution in [0.15, 0.2) is 29.8 Å². The molecule has 3 N–H and O–H groups in total. The number of nitrogens with zero attached hydrogens (tertiary/aromatic N) is 1. The molecule has 0 amide bonds. The van der Waals surface area contributed by atoms with Crippen molar-refractivity contribution in [3.05, 3.63) is 41.0 Å². The van der Waals surface area contributed by atoms with Gasteiger partial charge in [0.15, 0.2) is 0 Å². The van der Waals surface area contributed by atoms with Crippen molar-refractivity contribution in [1.29, 1.82) is 0 Å². The van der Waals surface area contributed by atoms with Crippen molar-refractivity contribution in [2.45, 2.75) is 13.0 Å². The molecule has 0 fully saturated rings. The molecule has 0 aliphatic carbocycles. The van der Waals surface area contributed by atoms with Crippen LogP contribution in [0.3, 0.4) is 0 Å². The molecule has 0 bridgehead atoms. The zero-order valence-corrected chi connectivity index (χ0v) is 15.3. The second kappa shape index (κ2) is 11.3. The van der Waals surface area contributed by atoms with E-state index in [9.17, 15) is 0 Å². The van der Waals surface area contributed by atoms with Crippen molar-refractivity contribution in [3.8, 4) is 10.4 Å². The third-order valence-corrected chi connectivity index (χ3v) is 4.60. The Labute approximate surface area is 152 Å². The van der Waals surface area contributed by atoms with Crippen molar-refractivity contribution in [2.75, 3.05) is 46.2 Å². The topological polar surface area (TPSA) is 86.8 Å². The number of rotatable bonds is 12. The van der Waals surface area contributed by atoms with Crippen LogP contribution in [0.5, 0.6) is 0 Å². The number of thiazole rings is 1. The summed E-state index contributed by atoms with van der Waals surface area (Å²) in [6, 6.07) is 8.07.